The van der Waals surface area contributed by atoms with E-state index in [-0.39, 0.29) is 0 Å². The molecule has 62 valence electrons. The van der Waals surface area contributed by atoms with Crippen LogP contribution in [0.1, 0.15) is 26.2 Å². The van der Waals surface area contributed by atoms with Gasteiger partial charge in [0.2, 0.25) is 0 Å². The van der Waals surface area contributed by atoms with Crippen LogP contribution in [0, 0.1) is 0 Å². The Hall–Kier alpha value is -0.760. The highest BCUT2D eigenvalue weighted by atomic mass is 16.6. The van der Waals surface area contributed by atoms with Gasteiger partial charge in [0.1, 0.15) is 0 Å². The van der Waals surface area contributed by atoms with E-state index < -0.39 is 0 Å². The molecule has 0 bridgehead atoms. The Bertz CT molecular complexity index is 182. The predicted molar refractivity (Wildman–Crippen MR) is 45.8 cm³/mol. The Balaban J connectivity index is 2.61. The third-order valence-electron chi connectivity index (χ3n) is 1.85. The van der Waals surface area contributed by atoms with Gasteiger partial charge in [-0.3, -0.25) is 10.3 Å². The first kappa shape index (κ1) is 8.34. The van der Waals surface area contributed by atoms with E-state index in [2.05, 4.69) is 17.6 Å². The van der Waals surface area contributed by atoms with Gasteiger partial charge in [-0.05, 0) is 31.8 Å². The van der Waals surface area contributed by atoms with Crippen molar-refractivity contribution in [2.24, 2.45) is 0 Å². The third kappa shape index (κ3) is 2.09. The van der Waals surface area contributed by atoms with Crippen LogP contribution in [0.15, 0.2) is 23.4 Å². The van der Waals surface area contributed by atoms with Crippen molar-refractivity contribution in [2.75, 3.05) is 7.11 Å². The first-order valence-electron chi connectivity index (χ1n) is 4.02. The number of hydrogen-bond donors (Lipinski definition) is 1. The van der Waals surface area contributed by atoms with Gasteiger partial charge in [-0.15, -0.1) is 0 Å². The molecule has 1 aliphatic carbocycles. The van der Waals surface area contributed by atoms with Crippen molar-refractivity contribution in [3.63, 3.8) is 0 Å². The van der Waals surface area contributed by atoms with Gasteiger partial charge in [0.15, 0.2) is 0 Å². The molecule has 0 saturated carbocycles. The Morgan fingerprint density at radius 2 is 2.27 bits per heavy atom. The molecule has 0 atom stereocenters. The summed E-state index contributed by atoms with van der Waals surface area (Å²) in [4.78, 5) is 4.86. The molecule has 11 heavy (non-hydrogen) atoms. The van der Waals surface area contributed by atoms with Crippen LogP contribution in [0.5, 0.6) is 0 Å². The van der Waals surface area contributed by atoms with Crippen LogP contribution >= 0.6 is 0 Å². The van der Waals surface area contributed by atoms with Gasteiger partial charge >= 0.3 is 0 Å². The standard InChI is InChI=1S/C9H15NO/c1-3-5-8-6-4-7-9(8)10-11-2/h3,5,10H,4,6-7H2,1-2H3/b5-3-. The molecule has 2 nitrogen and oxygen atoms in total. The van der Waals surface area contributed by atoms with Crippen molar-refractivity contribution in [1.29, 1.82) is 0 Å². The molecule has 1 rings (SSSR count). The van der Waals surface area contributed by atoms with Gasteiger partial charge in [0.25, 0.3) is 0 Å². The summed E-state index contributed by atoms with van der Waals surface area (Å²) < 4.78 is 0. The lowest BCUT2D eigenvalue weighted by Crippen LogP contribution is -2.10. The minimum Gasteiger partial charge on any atom is -0.280 e. The molecule has 0 aromatic carbocycles. The lowest BCUT2D eigenvalue weighted by Gasteiger charge is -2.04. The highest BCUT2D eigenvalue weighted by Crippen LogP contribution is 2.24. The quantitative estimate of drug-likeness (QED) is 0.627. The molecule has 1 aliphatic rings. The Morgan fingerprint density at radius 3 is 2.91 bits per heavy atom. The van der Waals surface area contributed by atoms with E-state index in [1.54, 1.807) is 7.11 Å². The Morgan fingerprint density at radius 1 is 1.45 bits per heavy atom. The number of nitrogens with one attached hydrogen (secondary N) is 1. The lowest BCUT2D eigenvalue weighted by molar-refractivity contribution is 0.115. The van der Waals surface area contributed by atoms with Gasteiger partial charge in [0, 0.05) is 5.70 Å². The maximum absolute atomic E-state index is 4.86. The number of hydrogen-bond acceptors (Lipinski definition) is 2. The van der Waals surface area contributed by atoms with Crippen LogP contribution in [0.2, 0.25) is 0 Å². The second-order valence-electron chi connectivity index (χ2n) is 2.66. The van der Waals surface area contributed by atoms with Crippen LogP contribution in [0.3, 0.4) is 0 Å². The fraction of sp³-hybridized carbons (Fsp3) is 0.556. The molecule has 0 aliphatic heterocycles. The molecule has 0 radical (unpaired) electrons. The Labute approximate surface area is 67.9 Å². The van der Waals surface area contributed by atoms with Gasteiger partial charge in [-0.1, -0.05) is 12.2 Å². The van der Waals surface area contributed by atoms with Gasteiger partial charge < -0.3 is 0 Å². The van der Waals surface area contributed by atoms with Crippen LogP contribution in [0.4, 0.5) is 0 Å². The van der Waals surface area contributed by atoms with E-state index >= 15 is 0 Å². The monoisotopic (exact) mass is 153 g/mol. The lowest BCUT2D eigenvalue weighted by atomic mass is 10.2. The van der Waals surface area contributed by atoms with Gasteiger partial charge in [-0.25, -0.2) is 0 Å². The Kier molecular flexibility index (Phi) is 3.17. The summed E-state index contributed by atoms with van der Waals surface area (Å²) in [5, 5.41) is 0. The molecular formula is C9H15NO. The predicted octanol–water partition coefficient (Wildman–Crippen LogP) is 2.15. The first-order valence-corrected chi connectivity index (χ1v) is 4.02. The molecule has 0 amide bonds. The highest BCUT2D eigenvalue weighted by Gasteiger charge is 2.10. The van der Waals surface area contributed by atoms with E-state index in [0.717, 1.165) is 6.42 Å². The maximum Gasteiger partial charge on any atom is 0.0636 e. The van der Waals surface area contributed by atoms with E-state index in [4.69, 9.17) is 4.84 Å². The minimum absolute atomic E-state index is 1.12. The summed E-state index contributed by atoms with van der Waals surface area (Å²) in [7, 11) is 1.65. The van der Waals surface area contributed by atoms with Crippen molar-refractivity contribution >= 4 is 0 Å². The van der Waals surface area contributed by atoms with Crippen molar-refractivity contribution in [3.05, 3.63) is 23.4 Å². The fourth-order valence-corrected chi connectivity index (χ4v) is 1.39. The first-order chi connectivity index (χ1) is 5.38. The molecule has 0 unspecified atom stereocenters. The molecule has 1 N–H and O–H groups in total. The van der Waals surface area contributed by atoms with Crippen molar-refractivity contribution in [3.8, 4) is 0 Å². The average molecular weight is 153 g/mol. The zero-order valence-electron chi connectivity index (χ0n) is 7.18. The fourth-order valence-electron chi connectivity index (χ4n) is 1.39. The summed E-state index contributed by atoms with van der Waals surface area (Å²) in [6.45, 7) is 2.04. The zero-order valence-corrected chi connectivity index (χ0v) is 7.18. The second-order valence-corrected chi connectivity index (χ2v) is 2.66. The van der Waals surface area contributed by atoms with Crippen molar-refractivity contribution < 1.29 is 4.84 Å². The largest absolute Gasteiger partial charge is 0.280 e. The SMILES string of the molecule is C/C=C\C1=C(NOC)CCC1. The smallest absolute Gasteiger partial charge is 0.0636 e. The van der Waals surface area contributed by atoms with E-state index in [9.17, 15) is 0 Å². The van der Waals surface area contributed by atoms with E-state index in [1.807, 2.05) is 6.92 Å². The molecule has 0 saturated heterocycles. The van der Waals surface area contributed by atoms with Gasteiger partial charge in [0.05, 0.1) is 7.11 Å². The van der Waals surface area contributed by atoms with E-state index in [1.165, 1.54) is 24.1 Å². The summed E-state index contributed by atoms with van der Waals surface area (Å²) in [6.07, 6.45) is 7.75. The van der Waals surface area contributed by atoms with Crippen molar-refractivity contribution in [1.82, 2.24) is 5.48 Å². The summed E-state index contributed by atoms with van der Waals surface area (Å²) in [5.41, 5.74) is 5.53. The topological polar surface area (TPSA) is 21.3 Å². The van der Waals surface area contributed by atoms with Crippen LogP contribution in [0.25, 0.3) is 0 Å². The molecule has 0 spiro atoms. The van der Waals surface area contributed by atoms with Crippen LogP contribution in [-0.4, -0.2) is 7.11 Å². The minimum atomic E-state index is 1.12. The van der Waals surface area contributed by atoms with Gasteiger partial charge in [-0.2, -0.15) is 0 Å². The number of rotatable bonds is 3. The van der Waals surface area contributed by atoms with Crippen LogP contribution in [-0.2, 0) is 4.84 Å². The summed E-state index contributed by atoms with van der Waals surface area (Å²) >= 11 is 0. The molecule has 0 heterocycles. The molecular weight excluding hydrogens is 138 g/mol. The zero-order chi connectivity index (χ0) is 8.10. The number of allylic oxidation sites excluding steroid dienone is 4. The second kappa shape index (κ2) is 4.19. The third-order valence-corrected chi connectivity index (χ3v) is 1.85. The molecule has 0 fully saturated rings. The highest BCUT2D eigenvalue weighted by molar-refractivity contribution is 5.27. The van der Waals surface area contributed by atoms with E-state index in [0.29, 0.717) is 0 Å². The maximum atomic E-state index is 4.86. The molecule has 0 aromatic rings. The molecule has 0 aromatic heterocycles. The van der Waals surface area contributed by atoms with Crippen LogP contribution < -0.4 is 5.48 Å². The summed E-state index contributed by atoms with van der Waals surface area (Å²) in [5.74, 6) is 0. The summed E-state index contributed by atoms with van der Waals surface area (Å²) in [6, 6.07) is 0. The van der Waals surface area contributed by atoms with Crippen molar-refractivity contribution in [2.45, 2.75) is 26.2 Å². The number of hydroxylamine groups is 1. The molecule has 2 heteroatoms. The normalized spacial score (nSPS) is 18.4. The average Bonchev–Trinajstić information content (AvgIpc) is 2.39.